The van der Waals surface area contributed by atoms with E-state index in [1.807, 2.05) is 14.1 Å². The van der Waals surface area contributed by atoms with Crippen LogP contribution >= 0.6 is 11.3 Å². The molecule has 0 aliphatic carbocycles. The van der Waals surface area contributed by atoms with E-state index in [0.29, 0.717) is 0 Å². The molecule has 4 heteroatoms. The van der Waals surface area contributed by atoms with E-state index in [0.717, 1.165) is 21.3 Å². The molecule has 0 aliphatic heterocycles. The molecule has 0 saturated carbocycles. The predicted molar refractivity (Wildman–Crippen MR) is 85.0 cm³/mol. The monoisotopic (exact) mass is 275 g/mol. The highest BCUT2D eigenvalue weighted by atomic mass is 32.1. The van der Waals surface area contributed by atoms with E-state index in [1.165, 1.54) is 5.69 Å². The molecule has 1 heterocycles. The molecule has 0 unspecified atom stereocenters. The minimum Gasteiger partial charge on any atom is -0.389 e. The predicted octanol–water partition coefficient (Wildman–Crippen LogP) is 3.76. The number of nitrogens with zero attached hydrogens (tertiary/aromatic N) is 2. The van der Waals surface area contributed by atoms with Gasteiger partial charge in [-0.25, -0.2) is 4.98 Å². The summed E-state index contributed by atoms with van der Waals surface area (Å²) in [7, 11) is 4.06. The summed E-state index contributed by atoms with van der Waals surface area (Å²) in [4.78, 5) is 6.78. The van der Waals surface area contributed by atoms with Crippen LogP contribution in [0.3, 0.4) is 0 Å². The van der Waals surface area contributed by atoms with E-state index >= 15 is 0 Å². The number of aromatic nitrogens is 1. The molecule has 2 rings (SSSR count). The van der Waals surface area contributed by atoms with Crippen molar-refractivity contribution in [3.05, 3.63) is 29.3 Å². The van der Waals surface area contributed by atoms with Gasteiger partial charge in [-0.3, -0.25) is 0 Å². The normalized spacial score (nSPS) is 11.6. The lowest BCUT2D eigenvalue weighted by Gasteiger charge is -2.13. The van der Waals surface area contributed by atoms with Crippen molar-refractivity contribution < 1.29 is 0 Å². The van der Waals surface area contributed by atoms with Gasteiger partial charge in [-0.05, 0) is 12.1 Å². The molecule has 0 atom stereocenters. The van der Waals surface area contributed by atoms with Gasteiger partial charge in [-0.1, -0.05) is 32.9 Å². The first-order valence-electron chi connectivity index (χ1n) is 6.33. The van der Waals surface area contributed by atoms with Crippen LogP contribution in [-0.2, 0) is 5.41 Å². The summed E-state index contributed by atoms with van der Waals surface area (Å²) in [5.41, 5.74) is 9.31. The van der Waals surface area contributed by atoms with Gasteiger partial charge >= 0.3 is 0 Å². The smallest absolute Gasteiger partial charge is 0.114 e. The molecular weight excluding hydrogens is 254 g/mol. The first kappa shape index (κ1) is 13.9. The fourth-order valence-electron chi connectivity index (χ4n) is 1.78. The van der Waals surface area contributed by atoms with Crippen molar-refractivity contribution in [3.63, 3.8) is 0 Å². The third-order valence-electron chi connectivity index (χ3n) is 2.95. The van der Waals surface area contributed by atoms with Crippen molar-refractivity contribution in [1.29, 1.82) is 0 Å². The largest absolute Gasteiger partial charge is 0.389 e. The lowest BCUT2D eigenvalue weighted by atomic mass is 9.98. The van der Waals surface area contributed by atoms with Gasteiger partial charge in [0.25, 0.3) is 0 Å². The lowest BCUT2D eigenvalue weighted by molar-refractivity contribution is 0.586. The SMILES string of the molecule is CN(C)c1ccc(-c2nc(C(C)(C)C)sc2N)cc1. The maximum Gasteiger partial charge on any atom is 0.114 e. The third-order valence-corrected chi connectivity index (χ3v) is 4.26. The highest BCUT2D eigenvalue weighted by Gasteiger charge is 2.21. The third kappa shape index (κ3) is 2.89. The Balaban J connectivity index is 2.39. The molecule has 2 aromatic rings. The summed E-state index contributed by atoms with van der Waals surface area (Å²) in [5, 5.41) is 1.87. The van der Waals surface area contributed by atoms with E-state index in [2.05, 4.69) is 49.9 Å². The molecule has 0 bridgehead atoms. The zero-order valence-electron chi connectivity index (χ0n) is 12.2. The number of benzene rings is 1. The van der Waals surface area contributed by atoms with Crippen LogP contribution in [0.25, 0.3) is 11.3 Å². The van der Waals surface area contributed by atoms with E-state index in [1.54, 1.807) is 11.3 Å². The molecule has 0 amide bonds. The molecular formula is C15H21N3S. The molecule has 1 aromatic heterocycles. The number of rotatable bonds is 2. The van der Waals surface area contributed by atoms with Crippen LogP contribution < -0.4 is 10.6 Å². The Morgan fingerprint density at radius 3 is 2.11 bits per heavy atom. The number of nitrogen functional groups attached to an aromatic ring is 1. The Morgan fingerprint density at radius 2 is 1.68 bits per heavy atom. The quantitative estimate of drug-likeness (QED) is 0.907. The van der Waals surface area contributed by atoms with Gasteiger partial charge in [0.05, 0.1) is 0 Å². The zero-order valence-corrected chi connectivity index (χ0v) is 13.0. The van der Waals surface area contributed by atoms with E-state index < -0.39 is 0 Å². The highest BCUT2D eigenvalue weighted by molar-refractivity contribution is 7.16. The highest BCUT2D eigenvalue weighted by Crippen LogP contribution is 2.36. The van der Waals surface area contributed by atoms with Gasteiger partial charge in [0.1, 0.15) is 15.7 Å². The average molecular weight is 275 g/mol. The summed E-state index contributed by atoms with van der Waals surface area (Å²) >= 11 is 1.58. The van der Waals surface area contributed by atoms with Gasteiger partial charge in [0.15, 0.2) is 0 Å². The second-order valence-electron chi connectivity index (χ2n) is 5.92. The fourth-order valence-corrected chi connectivity index (χ4v) is 2.69. The molecule has 0 aliphatic rings. The summed E-state index contributed by atoms with van der Waals surface area (Å²) in [5.74, 6) is 0. The topological polar surface area (TPSA) is 42.2 Å². The van der Waals surface area contributed by atoms with Crippen molar-refractivity contribution >= 4 is 22.0 Å². The minimum atomic E-state index is 0.0423. The molecule has 0 radical (unpaired) electrons. The number of nitrogens with two attached hydrogens (primary N) is 1. The Bertz CT molecular complexity index is 562. The van der Waals surface area contributed by atoms with Crippen molar-refractivity contribution in [2.24, 2.45) is 0 Å². The van der Waals surface area contributed by atoms with Crippen LogP contribution in [0, 0.1) is 0 Å². The van der Waals surface area contributed by atoms with Crippen LogP contribution in [0.2, 0.25) is 0 Å². The second-order valence-corrected chi connectivity index (χ2v) is 6.95. The van der Waals surface area contributed by atoms with Crippen LogP contribution in [0.4, 0.5) is 10.7 Å². The van der Waals surface area contributed by atoms with Gasteiger partial charge in [-0.15, -0.1) is 11.3 Å². The molecule has 0 saturated heterocycles. The van der Waals surface area contributed by atoms with Gasteiger partial charge in [0.2, 0.25) is 0 Å². The molecule has 1 aromatic carbocycles. The summed E-state index contributed by atoms with van der Waals surface area (Å²) in [6, 6.07) is 8.33. The first-order valence-corrected chi connectivity index (χ1v) is 7.15. The molecule has 2 N–H and O–H groups in total. The zero-order chi connectivity index (χ0) is 14.2. The van der Waals surface area contributed by atoms with Crippen molar-refractivity contribution in [2.45, 2.75) is 26.2 Å². The first-order chi connectivity index (χ1) is 8.79. The maximum absolute atomic E-state index is 6.11. The van der Waals surface area contributed by atoms with Crippen LogP contribution in [0.5, 0.6) is 0 Å². The van der Waals surface area contributed by atoms with E-state index in [-0.39, 0.29) is 5.41 Å². The standard InChI is InChI=1S/C15H21N3S/c1-15(2,3)14-17-12(13(16)19-14)10-6-8-11(9-7-10)18(4)5/h6-9H,16H2,1-5H3. The van der Waals surface area contributed by atoms with Crippen molar-refractivity contribution in [3.8, 4) is 11.3 Å². The van der Waals surface area contributed by atoms with Gasteiger partial charge in [0, 0.05) is 30.8 Å². The summed E-state index contributed by atoms with van der Waals surface area (Å²) in [6.45, 7) is 6.47. The second kappa shape index (κ2) is 4.85. The molecule has 0 fully saturated rings. The van der Waals surface area contributed by atoms with Gasteiger partial charge < -0.3 is 10.6 Å². The van der Waals surface area contributed by atoms with E-state index in [4.69, 9.17) is 10.7 Å². The molecule has 102 valence electrons. The summed E-state index contributed by atoms with van der Waals surface area (Å²) < 4.78 is 0. The fraction of sp³-hybridized carbons (Fsp3) is 0.400. The van der Waals surface area contributed by atoms with Crippen LogP contribution in [0.15, 0.2) is 24.3 Å². The van der Waals surface area contributed by atoms with Crippen LogP contribution in [-0.4, -0.2) is 19.1 Å². The summed E-state index contributed by atoms with van der Waals surface area (Å²) in [6.07, 6.45) is 0. The Hall–Kier alpha value is -1.55. The molecule has 19 heavy (non-hydrogen) atoms. The lowest BCUT2D eigenvalue weighted by Crippen LogP contribution is -2.10. The van der Waals surface area contributed by atoms with Crippen molar-refractivity contribution in [2.75, 3.05) is 24.7 Å². The molecule has 0 spiro atoms. The average Bonchev–Trinajstić information content (AvgIpc) is 2.71. The minimum absolute atomic E-state index is 0.0423. The Labute approximate surface area is 119 Å². The van der Waals surface area contributed by atoms with Crippen LogP contribution in [0.1, 0.15) is 25.8 Å². The number of hydrogen-bond acceptors (Lipinski definition) is 4. The van der Waals surface area contributed by atoms with E-state index in [9.17, 15) is 0 Å². The van der Waals surface area contributed by atoms with Gasteiger partial charge in [-0.2, -0.15) is 0 Å². The number of anilines is 2. The Kier molecular flexibility index (Phi) is 3.54. The van der Waals surface area contributed by atoms with Crippen molar-refractivity contribution in [1.82, 2.24) is 4.98 Å². The number of thiazole rings is 1. The molecule has 3 nitrogen and oxygen atoms in total. The number of hydrogen-bond donors (Lipinski definition) is 1. The Morgan fingerprint density at radius 1 is 1.11 bits per heavy atom. The maximum atomic E-state index is 6.11.